The van der Waals surface area contributed by atoms with Crippen LogP contribution in [0.1, 0.15) is 258 Å². The number of phosphoric ester groups is 1. The van der Waals surface area contributed by atoms with Gasteiger partial charge in [0.25, 0.3) is 0 Å². The average Bonchev–Trinajstić information content (AvgIpc) is 3.61. The highest BCUT2D eigenvalue weighted by atomic mass is 31.2. The van der Waals surface area contributed by atoms with E-state index >= 15 is 0 Å². The number of likely N-dealkylation sites (N-methyl/N-ethyl adjacent to an activating group) is 1. The summed E-state index contributed by atoms with van der Waals surface area (Å²) in [5, 5.41) is 0. The molecule has 0 aliphatic heterocycles. The molecule has 9 nitrogen and oxygen atoms in total. The Labute approximate surface area is 516 Å². The molecule has 0 aliphatic rings. The first-order chi connectivity index (χ1) is 41.0. The Morgan fingerprint density at radius 1 is 0.369 bits per heavy atom. The highest BCUT2D eigenvalue weighted by Gasteiger charge is 2.27. The number of unbranched alkanes of at least 4 members (excludes halogenated alkanes) is 22. The summed E-state index contributed by atoms with van der Waals surface area (Å²) in [5.74, 6) is -0.830. The molecule has 0 saturated carbocycles. The van der Waals surface area contributed by atoms with Crippen LogP contribution in [0.5, 0.6) is 0 Å². The Morgan fingerprint density at radius 2 is 0.643 bits per heavy atom. The van der Waals surface area contributed by atoms with Gasteiger partial charge in [0.1, 0.15) is 19.8 Å². The summed E-state index contributed by atoms with van der Waals surface area (Å²) in [6.07, 6.45) is 93.7. The molecule has 0 bridgehead atoms. The molecule has 0 aromatic rings. The number of esters is 2. The molecule has 0 aromatic heterocycles. The van der Waals surface area contributed by atoms with Crippen molar-refractivity contribution in [2.75, 3.05) is 47.5 Å². The summed E-state index contributed by atoms with van der Waals surface area (Å²) in [6.45, 7) is 4.18. The van der Waals surface area contributed by atoms with Gasteiger partial charge in [-0.2, -0.15) is 0 Å². The van der Waals surface area contributed by atoms with Crippen molar-refractivity contribution >= 4 is 19.8 Å². The van der Waals surface area contributed by atoms with Crippen molar-refractivity contribution in [1.29, 1.82) is 0 Å². The zero-order valence-electron chi connectivity index (χ0n) is 54.3. The van der Waals surface area contributed by atoms with Crippen molar-refractivity contribution in [3.63, 3.8) is 0 Å². The van der Waals surface area contributed by atoms with E-state index in [0.29, 0.717) is 17.4 Å². The van der Waals surface area contributed by atoms with Crippen LogP contribution >= 0.6 is 7.82 Å². The third kappa shape index (κ3) is 67.0. The van der Waals surface area contributed by atoms with Crippen molar-refractivity contribution < 1.29 is 42.1 Å². The minimum Gasteiger partial charge on any atom is -0.462 e. The number of quaternary nitrogens is 1. The molecule has 0 aliphatic carbocycles. The predicted molar refractivity (Wildman–Crippen MR) is 362 cm³/mol. The number of nitrogens with zero attached hydrogens (tertiary/aromatic N) is 1. The van der Waals surface area contributed by atoms with Gasteiger partial charge in [0.2, 0.25) is 0 Å². The van der Waals surface area contributed by atoms with Crippen LogP contribution in [0.2, 0.25) is 0 Å². The highest BCUT2D eigenvalue weighted by Crippen LogP contribution is 2.43. The van der Waals surface area contributed by atoms with Crippen molar-refractivity contribution in [2.24, 2.45) is 0 Å². The maximum Gasteiger partial charge on any atom is 0.472 e. The van der Waals surface area contributed by atoms with Crippen LogP contribution in [0, 0.1) is 0 Å². The van der Waals surface area contributed by atoms with Gasteiger partial charge in [-0.05, 0) is 116 Å². The summed E-state index contributed by atoms with van der Waals surface area (Å²) >= 11 is 0. The third-order valence-corrected chi connectivity index (χ3v) is 14.8. The second kappa shape index (κ2) is 63.4. The van der Waals surface area contributed by atoms with Crippen molar-refractivity contribution in [1.82, 2.24) is 0 Å². The van der Waals surface area contributed by atoms with E-state index in [2.05, 4.69) is 160 Å². The fraction of sp³-hybridized carbons (Fsp3) is 0.649. The average molecular weight is 1190 g/mol. The summed E-state index contributed by atoms with van der Waals surface area (Å²) in [5.41, 5.74) is 0. The molecule has 0 saturated heterocycles. The molecule has 10 heteroatoms. The second-order valence-electron chi connectivity index (χ2n) is 23.1. The number of carbonyl (C=O) groups excluding carboxylic acids is 2. The Hall–Kier alpha value is -4.11. The first kappa shape index (κ1) is 79.9. The van der Waals surface area contributed by atoms with E-state index in [-0.39, 0.29) is 32.0 Å². The van der Waals surface area contributed by atoms with Crippen LogP contribution < -0.4 is 0 Å². The lowest BCUT2D eigenvalue weighted by Gasteiger charge is -2.24. The molecule has 0 rings (SSSR count). The molecule has 84 heavy (non-hydrogen) atoms. The van der Waals surface area contributed by atoms with Gasteiger partial charge in [0, 0.05) is 12.8 Å². The molecule has 0 amide bonds. The smallest absolute Gasteiger partial charge is 0.462 e. The number of hydrogen-bond donors (Lipinski definition) is 1. The normalized spacial score (nSPS) is 14.1. The number of hydrogen-bond acceptors (Lipinski definition) is 7. The number of rotatable bonds is 60. The lowest BCUT2D eigenvalue weighted by molar-refractivity contribution is -0.870. The lowest BCUT2D eigenvalue weighted by Crippen LogP contribution is -2.37. The van der Waals surface area contributed by atoms with E-state index in [9.17, 15) is 19.0 Å². The molecule has 0 fully saturated rings. The predicted octanol–water partition coefficient (Wildman–Crippen LogP) is 21.8. The van der Waals surface area contributed by atoms with Gasteiger partial charge in [0.05, 0.1) is 27.7 Å². The number of allylic oxidation sites excluding steroid dienone is 24. The summed E-state index contributed by atoms with van der Waals surface area (Å²) in [4.78, 5) is 35.8. The van der Waals surface area contributed by atoms with E-state index < -0.39 is 26.5 Å². The van der Waals surface area contributed by atoms with E-state index in [4.69, 9.17) is 18.5 Å². The maximum atomic E-state index is 12.9. The fourth-order valence-electron chi connectivity index (χ4n) is 8.79. The largest absolute Gasteiger partial charge is 0.472 e. The minimum atomic E-state index is -4.41. The van der Waals surface area contributed by atoms with E-state index in [1.165, 1.54) is 103 Å². The van der Waals surface area contributed by atoms with Crippen LogP contribution in [0.15, 0.2) is 146 Å². The Kier molecular flexibility index (Phi) is 60.3. The Bertz CT molecular complexity index is 1930. The van der Waals surface area contributed by atoms with Crippen LogP contribution in [-0.2, 0) is 32.7 Å². The monoisotopic (exact) mass is 1190 g/mol. The molecule has 1 N–H and O–H groups in total. The quantitative estimate of drug-likeness (QED) is 0.0211. The SMILES string of the molecule is CC/C=C\C/C=C\C/C=C\C/C=C\C/C=C\C/C=C\C/C=C\C/C=C\CCCCCCC(=O)OC(COC(=O)CCCCCCCCCCCCCCCCCCCC/C=C\C/C=C\C/C=C\C/C=C\CC)COP(=O)(O)OCC[N+](C)(C)C. The van der Waals surface area contributed by atoms with Gasteiger partial charge in [-0.3, -0.25) is 18.6 Å². The van der Waals surface area contributed by atoms with E-state index in [0.717, 1.165) is 122 Å². The molecule has 0 heterocycles. The second-order valence-corrected chi connectivity index (χ2v) is 24.5. The Balaban J connectivity index is 4.15. The molecule has 0 radical (unpaired) electrons. The van der Waals surface area contributed by atoms with E-state index in [1.807, 2.05) is 21.1 Å². The summed E-state index contributed by atoms with van der Waals surface area (Å²) in [6, 6.07) is 0. The molecular formula is C74H125NO8P+. The zero-order valence-corrected chi connectivity index (χ0v) is 55.2. The van der Waals surface area contributed by atoms with Crippen molar-refractivity contribution in [3.05, 3.63) is 146 Å². The van der Waals surface area contributed by atoms with Gasteiger partial charge in [-0.15, -0.1) is 0 Å². The highest BCUT2D eigenvalue weighted by molar-refractivity contribution is 7.47. The van der Waals surface area contributed by atoms with Gasteiger partial charge < -0.3 is 18.9 Å². The zero-order chi connectivity index (χ0) is 61.2. The summed E-state index contributed by atoms with van der Waals surface area (Å²) < 4.78 is 34.7. The lowest BCUT2D eigenvalue weighted by atomic mass is 10.0. The van der Waals surface area contributed by atoms with E-state index in [1.54, 1.807) is 0 Å². The van der Waals surface area contributed by atoms with Crippen LogP contribution in [0.25, 0.3) is 0 Å². The van der Waals surface area contributed by atoms with Gasteiger partial charge in [-0.25, -0.2) is 4.57 Å². The molecule has 0 aromatic carbocycles. The standard InChI is InChI=1S/C74H124NO8P/c1-6-8-10-12-14-16-18-20-22-24-26-28-30-32-34-36-37-39-40-42-44-46-48-50-52-54-56-58-60-62-64-66-73(76)80-70-72(71-82-84(78,79)81-69-68-75(3,4)5)83-74(77)67-65-63-61-59-57-55-53-51-49-47-45-43-41-38-35-33-31-29-27-25-23-21-19-17-15-13-11-9-7-2/h8-11,14-17,20-23,26-29,33,35,41,43,47,49,53,55,72H,6-7,12-13,18-19,24-25,30-32,34,36-40,42,44-46,48,50-52,54,56-71H2,1-5H3/p+1/b10-8-,11-9-,16-14-,17-15-,22-20-,23-21-,28-26-,29-27-,35-33-,43-41-,49-47-,55-53-. The summed E-state index contributed by atoms with van der Waals surface area (Å²) in [7, 11) is 1.44. The van der Waals surface area contributed by atoms with Crippen molar-refractivity contribution in [3.8, 4) is 0 Å². The molecular weight excluding hydrogens is 1060 g/mol. The van der Waals surface area contributed by atoms with Crippen LogP contribution in [-0.4, -0.2) is 74.9 Å². The number of ether oxygens (including phenoxy) is 2. The number of phosphoric acid groups is 1. The van der Waals surface area contributed by atoms with Crippen LogP contribution in [0.3, 0.4) is 0 Å². The molecule has 0 spiro atoms. The Morgan fingerprint density at radius 3 is 0.952 bits per heavy atom. The van der Waals surface area contributed by atoms with Gasteiger partial charge in [-0.1, -0.05) is 275 Å². The van der Waals surface area contributed by atoms with Crippen LogP contribution in [0.4, 0.5) is 0 Å². The number of carbonyl (C=O) groups is 2. The first-order valence-electron chi connectivity index (χ1n) is 33.6. The minimum absolute atomic E-state index is 0.0195. The van der Waals surface area contributed by atoms with Gasteiger partial charge in [0.15, 0.2) is 6.10 Å². The molecule has 478 valence electrons. The maximum absolute atomic E-state index is 12.9. The third-order valence-electron chi connectivity index (χ3n) is 13.9. The first-order valence-corrected chi connectivity index (χ1v) is 35.1. The van der Waals surface area contributed by atoms with Gasteiger partial charge >= 0.3 is 19.8 Å². The fourth-order valence-corrected chi connectivity index (χ4v) is 9.53. The molecule has 2 atom stereocenters. The van der Waals surface area contributed by atoms with Crippen molar-refractivity contribution in [2.45, 2.75) is 264 Å². The molecule has 2 unspecified atom stereocenters. The topological polar surface area (TPSA) is 108 Å².